The van der Waals surface area contributed by atoms with Gasteiger partial charge < -0.3 is 29.2 Å². The van der Waals surface area contributed by atoms with Crippen LogP contribution < -0.4 is 10.5 Å². The normalized spacial score (nSPS) is 15.9. The van der Waals surface area contributed by atoms with Crippen molar-refractivity contribution in [3.05, 3.63) is 48.0 Å². The van der Waals surface area contributed by atoms with Crippen LogP contribution in [0.2, 0.25) is 0 Å². The van der Waals surface area contributed by atoms with E-state index in [-0.39, 0.29) is 24.4 Å². The maximum Gasteiger partial charge on any atom is 0.254 e. The summed E-state index contributed by atoms with van der Waals surface area (Å²) in [5.41, 5.74) is 10.5. The van der Waals surface area contributed by atoms with Gasteiger partial charge in [0.1, 0.15) is 11.3 Å². The van der Waals surface area contributed by atoms with Gasteiger partial charge in [0.05, 0.1) is 18.3 Å². The van der Waals surface area contributed by atoms with Crippen molar-refractivity contribution in [1.29, 1.82) is 0 Å². The first-order chi connectivity index (χ1) is 17.0. The second-order valence-corrected chi connectivity index (χ2v) is 9.28. The number of aryl methyl sites for hydroxylation is 2. The molecule has 0 spiro atoms. The molecule has 1 fully saturated rings. The molecule has 5 rings (SSSR count). The summed E-state index contributed by atoms with van der Waals surface area (Å²) in [5, 5.41) is 1.16. The zero-order valence-electron chi connectivity index (χ0n) is 21.1. The second kappa shape index (κ2) is 10.9. The molecule has 1 aliphatic heterocycles. The highest BCUT2D eigenvalue weighted by Crippen LogP contribution is 2.34. The van der Waals surface area contributed by atoms with Crippen molar-refractivity contribution in [2.45, 2.75) is 31.8 Å². The molecule has 1 amide bonds. The van der Waals surface area contributed by atoms with E-state index in [1.165, 1.54) is 0 Å². The van der Waals surface area contributed by atoms with Crippen LogP contribution in [0.4, 0.5) is 0 Å². The molecule has 0 radical (unpaired) electrons. The SMILES string of the molecule is COCCCn1c(-c2nc3cc(C(=O)N4CCC[C@@H](N)C4)cc(OC)c3n2C)cc2ccccc21.Cl. The third-order valence-corrected chi connectivity index (χ3v) is 6.92. The summed E-state index contributed by atoms with van der Waals surface area (Å²) in [4.78, 5) is 20.2. The number of halogens is 1. The number of amides is 1. The number of para-hydroxylation sites is 1. The zero-order chi connectivity index (χ0) is 24.5. The van der Waals surface area contributed by atoms with Crippen molar-refractivity contribution in [1.82, 2.24) is 19.0 Å². The molecule has 0 bridgehead atoms. The molecule has 0 saturated carbocycles. The predicted molar refractivity (Wildman–Crippen MR) is 145 cm³/mol. The van der Waals surface area contributed by atoms with Crippen LogP contribution in [0.15, 0.2) is 42.5 Å². The van der Waals surface area contributed by atoms with E-state index in [4.69, 9.17) is 20.2 Å². The molecule has 1 saturated heterocycles. The molecule has 9 heteroatoms. The molecule has 3 heterocycles. The maximum atomic E-state index is 13.3. The van der Waals surface area contributed by atoms with Crippen LogP contribution in [0.5, 0.6) is 5.75 Å². The van der Waals surface area contributed by atoms with E-state index in [9.17, 15) is 4.79 Å². The van der Waals surface area contributed by atoms with E-state index in [2.05, 4.69) is 33.4 Å². The summed E-state index contributed by atoms with van der Waals surface area (Å²) in [6.07, 6.45) is 2.77. The van der Waals surface area contributed by atoms with Gasteiger partial charge >= 0.3 is 0 Å². The van der Waals surface area contributed by atoms with Crippen LogP contribution in [0.1, 0.15) is 29.6 Å². The number of aromatic nitrogens is 3. The first-order valence-electron chi connectivity index (χ1n) is 12.2. The number of ether oxygens (including phenoxy) is 2. The van der Waals surface area contributed by atoms with Gasteiger partial charge in [-0.05, 0) is 43.5 Å². The van der Waals surface area contributed by atoms with Crippen LogP contribution >= 0.6 is 12.4 Å². The molecule has 4 aromatic rings. The summed E-state index contributed by atoms with van der Waals surface area (Å²) in [6, 6.07) is 14.3. The van der Waals surface area contributed by atoms with Crippen molar-refractivity contribution in [3.8, 4) is 17.3 Å². The molecule has 1 atom stereocenters. The van der Waals surface area contributed by atoms with Gasteiger partial charge in [-0.2, -0.15) is 0 Å². The number of rotatable bonds is 7. The highest BCUT2D eigenvalue weighted by molar-refractivity contribution is 6.00. The van der Waals surface area contributed by atoms with Crippen LogP contribution in [0.3, 0.4) is 0 Å². The second-order valence-electron chi connectivity index (χ2n) is 9.28. The summed E-state index contributed by atoms with van der Waals surface area (Å²) >= 11 is 0. The number of nitrogens with two attached hydrogens (primary N) is 1. The fraction of sp³-hybridized carbons (Fsp3) is 0.407. The third kappa shape index (κ3) is 4.68. The molecule has 192 valence electrons. The number of hydrogen-bond donors (Lipinski definition) is 1. The Labute approximate surface area is 217 Å². The van der Waals surface area contributed by atoms with E-state index >= 15 is 0 Å². The van der Waals surface area contributed by atoms with Crippen LogP contribution in [-0.4, -0.2) is 64.9 Å². The Morgan fingerprint density at radius 2 is 2.00 bits per heavy atom. The Balaban J connectivity index is 0.00000304. The number of likely N-dealkylation sites (tertiary alicyclic amines) is 1. The predicted octanol–water partition coefficient (Wildman–Crippen LogP) is 4.23. The van der Waals surface area contributed by atoms with Gasteiger partial charge in [0.2, 0.25) is 0 Å². The highest BCUT2D eigenvalue weighted by Gasteiger charge is 2.25. The Morgan fingerprint density at radius 1 is 1.19 bits per heavy atom. The summed E-state index contributed by atoms with van der Waals surface area (Å²) < 4.78 is 15.4. The number of imidazole rings is 1. The van der Waals surface area contributed by atoms with Crippen molar-refractivity contribution in [2.75, 3.05) is 33.9 Å². The van der Waals surface area contributed by atoms with Gasteiger partial charge in [-0.3, -0.25) is 4.79 Å². The smallest absolute Gasteiger partial charge is 0.254 e. The third-order valence-electron chi connectivity index (χ3n) is 6.92. The van der Waals surface area contributed by atoms with E-state index < -0.39 is 0 Å². The quantitative estimate of drug-likeness (QED) is 0.375. The number of carbonyl (C=O) groups is 1. The Bertz CT molecular complexity index is 1380. The zero-order valence-corrected chi connectivity index (χ0v) is 21.9. The lowest BCUT2D eigenvalue weighted by atomic mass is 10.0. The molecule has 0 aliphatic carbocycles. The number of fused-ring (bicyclic) bond motifs is 2. The monoisotopic (exact) mass is 511 g/mol. The average Bonchev–Trinajstić information content (AvgIpc) is 3.40. The molecular formula is C27H34ClN5O3. The Kier molecular flexibility index (Phi) is 7.88. The standard InChI is InChI=1S/C27H33N5O3.ClH/c1-30-25-21(14-19(16-24(25)35-3)27(33)31-11-6-9-20(28)17-31)29-26(30)23-15-18-8-4-5-10-22(18)32(23)12-7-13-34-2;/h4-5,8,10,14-16,20H,6-7,9,11-13,17,28H2,1-3H3;1H/t20-;/m1./s1. The summed E-state index contributed by atoms with van der Waals surface area (Å²) in [5.74, 6) is 1.44. The van der Waals surface area contributed by atoms with E-state index in [0.29, 0.717) is 24.5 Å². The minimum absolute atomic E-state index is 0. The maximum absolute atomic E-state index is 13.3. The van der Waals surface area contributed by atoms with Crippen molar-refractivity contribution in [2.24, 2.45) is 12.8 Å². The lowest BCUT2D eigenvalue weighted by Gasteiger charge is -2.30. The number of nitrogens with zero attached hydrogens (tertiary/aromatic N) is 4. The molecule has 2 N–H and O–H groups in total. The molecule has 0 unspecified atom stereocenters. The van der Waals surface area contributed by atoms with Crippen LogP contribution in [0, 0.1) is 0 Å². The minimum atomic E-state index is -0.0266. The van der Waals surface area contributed by atoms with E-state index in [1.54, 1.807) is 14.2 Å². The lowest BCUT2D eigenvalue weighted by Crippen LogP contribution is -2.45. The van der Waals surface area contributed by atoms with Gasteiger partial charge in [0.15, 0.2) is 5.82 Å². The molecule has 2 aromatic heterocycles. The van der Waals surface area contributed by atoms with Crippen LogP contribution in [-0.2, 0) is 18.3 Å². The van der Waals surface area contributed by atoms with Gasteiger partial charge in [-0.15, -0.1) is 12.4 Å². The molecular weight excluding hydrogens is 478 g/mol. The number of benzene rings is 2. The highest BCUT2D eigenvalue weighted by atomic mass is 35.5. The van der Waals surface area contributed by atoms with Gasteiger partial charge in [-0.1, -0.05) is 18.2 Å². The molecule has 2 aromatic carbocycles. The number of piperidine rings is 1. The van der Waals surface area contributed by atoms with E-state index in [1.807, 2.05) is 30.1 Å². The first-order valence-corrected chi connectivity index (χ1v) is 12.2. The summed E-state index contributed by atoms with van der Waals surface area (Å²) in [6.45, 7) is 2.81. The van der Waals surface area contributed by atoms with Gasteiger partial charge in [0.25, 0.3) is 5.91 Å². The lowest BCUT2D eigenvalue weighted by molar-refractivity contribution is 0.0708. The Hall–Kier alpha value is -3.07. The fourth-order valence-electron chi connectivity index (χ4n) is 5.20. The molecule has 36 heavy (non-hydrogen) atoms. The van der Waals surface area contributed by atoms with E-state index in [0.717, 1.165) is 65.8 Å². The summed E-state index contributed by atoms with van der Waals surface area (Å²) in [7, 11) is 5.35. The Morgan fingerprint density at radius 3 is 2.75 bits per heavy atom. The average molecular weight is 512 g/mol. The number of carbonyl (C=O) groups excluding carboxylic acids is 1. The largest absolute Gasteiger partial charge is 0.494 e. The molecule has 8 nitrogen and oxygen atoms in total. The topological polar surface area (TPSA) is 87.5 Å². The number of hydrogen-bond acceptors (Lipinski definition) is 5. The van der Waals surface area contributed by atoms with Crippen molar-refractivity contribution in [3.63, 3.8) is 0 Å². The fourth-order valence-corrected chi connectivity index (χ4v) is 5.20. The van der Waals surface area contributed by atoms with Crippen molar-refractivity contribution < 1.29 is 14.3 Å². The molecule has 1 aliphatic rings. The van der Waals surface area contributed by atoms with Crippen molar-refractivity contribution >= 4 is 40.3 Å². The van der Waals surface area contributed by atoms with Gasteiger partial charge in [-0.25, -0.2) is 4.98 Å². The van der Waals surface area contributed by atoms with Crippen LogP contribution in [0.25, 0.3) is 33.5 Å². The first kappa shape index (κ1) is 26.0. The number of methoxy groups -OCH3 is 2. The minimum Gasteiger partial charge on any atom is -0.494 e. The van der Waals surface area contributed by atoms with Gasteiger partial charge in [0, 0.05) is 62.9 Å².